The molecule has 0 unspecified atom stereocenters. The molecule has 0 bridgehead atoms. The first-order chi connectivity index (χ1) is 11.7. The lowest BCUT2D eigenvalue weighted by atomic mass is 10.1. The number of nitriles is 1. The maximum absolute atomic E-state index is 12.0. The molecule has 0 saturated carbocycles. The van der Waals surface area contributed by atoms with Gasteiger partial charge in [0.25, 0.3) is 5.91 Å². The Morgan fingerprint density at radius 1 is 1.08 bits per heavy atom. The van der Waals surface area contributed by atoms with E-state index in [9.17, 15) is 9.90 Å². The van der Waals surface area contributed by atoms with Crippen LogP contribution < -0.4 is 5.32 Å². The van der Waals surface area contributed by atoms with E-state index in [-0.39, 0.29) is 17.2 Å². The quantitative estimate of drug-likeness (QED) is 0.466. The molecular formula is C20H20N2O2. The number of carbonyl (C=O) groups is 1. The molecule has 0 spiro atoms. The average molecular weight is 320 g/mol. The number of carbonyl (C=O) groups excluding carboxylic acids is 1. The lowest BCUT2D eigenvalue weighted by molar-refractivity contribution is -0.117. The summed E-state index contributed by atoms with van der Waals surface area (Å²) in [6, 6.07) is 18.5. The number of aryl methyl sites for hydroxylation is 1. The minimum Gasteiger partial charge on any atom is -0.508 e. The van der Waals surface area contributed by atoms with Crippen LogP contribution in [0.1, 0.15) is 24.0 Å². The molecule has 2 aromatic rings. The number of hydrogen-bond acceptors (Lipinski definition) is 3. The lowest BCUT2D eigenvalue weighted by Gasteiger charge is -2.05. The van der Waals surface area contributed by atoms with Gasteiger partial charge >= 0.3 is 0 Å². The molecule has 0 aromatic heterocycles. The van der Waals surface area contributed by atoms with Crippen molar-refractivity contribution in [2.45, 2.75) is 19.3 Å². The number of amides is 1. The summed E-state index contributed by atoms with van der Waals surface area (Å²) in [5.74, 6) is -0.223. The van der Waals surface area contributed by atoms with Gasteiger partial charge in [0.2, 0.25) is 0 Å². The fourth-order valence-corrected chi connectivity index (χ4v) is 2.28. The molecule has 1 amide bonds. The third-order valence-corrected chi connectivity index (χ3v) is 3.59. The average Bonchev–Trinajstić information content (AvgIpc) is 2.61. The van der Waals surface area contributed by atoms with Crippen molar-refractivity contribution in [1.29, 1.82) is 5.26 Å². The van der Waals surface area contributed by atoms with Crippen LogP contribution in [-0.4, -0.2) is 17.6 Å². The summed E-state index contributed by atoms with van der Waals surface area (Å²) in [7, 11) is 0. The minimum atomic E-state index is -0.370. The Hall–Kier alpha value is -3.06. The van der Waals surface area contributed by atoms with Crippen LogP contribution in [0.2, 0.25) is 0 Å². The highest BCUT2D eigenvalue weighted by Crippen LogP contribution is 2.12. The van der Waals surface area contributed by atoms with Crippen LogP contribution in [-0.2, 0) is 11.2 Å². The molecule has 0 radical (unpaired) electrons. The first kappa shape index (κ1) is 17.3. The van der Waals surface area contributed by atoms with Gasteiger partial charge in [0.15, 0.2) is 0 Å². The second-order valence-corrected chi connectivity index (χ2v) is 5.46. The van der Waals surface area contributed by atoms with Gasteiger partial charge in [-0.05, 0) is 48.6 Å². The summed E-state index contributed by atoms with van der Waals surface area (Å²) in [6.07, 6.45) is 4.33. The largest absolute Gasteiger partial charge is 0.508 e. The van der Waals surface area contributed by atoms with Gasteiger partial charge in [0, 0.05) is 6.54 Å². The second kappa shape index (κ2) is 9.16. The van der Waals surface area contributed by atoms with Gasteiger partial charge in [-0.15, -0.1) is 0 Å². The van der Waals surface area contributed by atoms with Crippen LogP contribution >= 0.6 is 0 Å². The van der Waals surface area contributed by atoms with E-state index in [1.165, 1.54) is 23.8 Å². The van der Waals surface area contributed by atoms with Crippen molar-refractivity contribution < 1.29 is 9.90 Å². The molecular weight excluding hydrogens is 300 g/mol. The van der Waals surface area contributed by atoms with E-state index in [4.69, 9.17) is 5.26 Å². The number of rotatable bonds is 7. The molecule has 0 aliphatic heterocycles. The molecule has 0 saturated heterocycles. The van der Waals surface area contributed by atoms with Gasteiger partial charge in [-0.2, -0.15) is 5.26 Å². The summed E-state index contributed by atoms with van der Waals surface area (Å²) in [5.41, 5.74) is 2.04. The second-order valence-electron chi connectivity index (χ2n) is 5.46. The molecule has 4 heteroatoms. The van der Waals surface area contributed by atoms with Crippen LogP contribution in [0, 0.1) is 11.3 Å². The number of phenolic OH excluding ortho intramolecular Hbond substituents is 1. The highest BCUT2D eigenvalue weighted by atomic mass is 16.3. The molecule has 2 N–H and O–H groups in total. The first-order valence-electron chi connectivity index (χ1n) is 7.92. The number of nitrogens with zero attached hydrogens (tertiary/aromatic N) is 1. The van der Waals surface area contributed by atoms with Gasteiger partial charge in [-0.1, -0.05) is 42.5 Å². The smallest absolute Gasteiger partial charge is 0.261 e. The molecule has 0 heterocycles. The highest BCUT2D eigenvalue weighted by Gasteiger charge is 2.08. The van der Waals surface area contributed by atoms with Crippen LogP contribution in [0.5, 0.6) is 5.75 Å². The minimum absolute atomic E-state index is 0.0590. The fourth-order valence-electron chi connectivity index (χ4n) is 2.28. The van der Waals surface area contributed by atoms with Gasteiger partial charge < -0.3 is 10.4 Å². The number of nitrogens with one attached hydrogen (secondary N) is 1. The third-order valence-electron chi connectivity index (χ3n) is 3.59. The molecule has 4 nitrogen and oxygen atoms in total. The van der Waals surface area contributed by atoms with Gasteiger partial charge in [-0.25, -0.2) is 0 Å². The normalized spacial score (nSPS) is 10.9. The molecule has 24 heavy (non-hydrogen) atoms. The van der Waals surface area contributed by atoms with E-state index in [0.29, 0.717) is 12.1 Å². The Balaban J connectivity index is 1.78. The van der Waals surface area contributed by atoms with E-state index in [0.717, 1.165) is 19.3 Å². The van der Waals surface area contributed by atoms with Crippen molar-refractivity contribution in [3.63, 3.8) is 0 Å². The molecule has 0 aliphatic carbocycles. The number of phenols is 1. The monoisotopic (exact) mass is 320 g/mol. The molecule has 0 aliphatic rings. The van der Waals surface area contributed by atoms with Crippen molar-refractivity contribution in [3.8, 4) is 11.8 Å². The zero-order chi connectivity index (χ0) is 17.2. The fraction of sp³-hybridized carbons (Fsp3) is 0.200. The zero-order valence-corrected chi connectivity index (χ0v) is 13.4. The first-order valence-corrected chi connectivity index (χ1v) is 7.92. The Kier molecular flexibility index (Phi) is 6.60. The van der Waals surface area contributed by atoms with Crippen LogP contribution in [0.3, 0.4) is 0 Å². The van der Waals surface area contributed by atoms with E-state index in [2.05, 4.69) is 17.4 Å². The number of benzene rings is 2. The molecule has 2 rings (SSSR count). The SMILES string of the molecule is N#C/C(=C\c1ccc(O)cc1)C(=O)NCCCCc1ccccc1. The molecule has 2 aromatic carbocycles. The maximum Gasteiger partial charge on any atom is 0.261 e. The summed E-state index contributed by atoms with van der Waals surface area (Å²) in [5, 5.41) is 21.1. The van der Waals surface area contributed by atoms with E-state index >= 15 is 0 Å². The summed E-state index contributed by atoms with van der Waals surface area (Å²) < 4.78 is 0. The van der Waals surface area contributed by atoms with Crippen LogP contribution in [0.15, 0.2) is 60.2 Å². The number of aromatic hydroxyl groups is 1. The number of hydrogen-bond donors (Lipinski definition) is 2. The van der Waals surface area contributed by atoms with Gasteiger partial charge in [0.05, 0.1) is 0 Å². The van der Waals surface area contributed by atoms with Crippen molar-refractivity contribution in [1.82, 2.24) is 5.32 Å². The Morgan fingerprint density at radius 2 is 1.79 bits per heavy atom. The van der Waals surface area contributed by atoms with Crippen molar-refractivity contribution in [3.05, 3.63) is 71.3 Å². The van der Waals surface area contributed by atoms with Gasteiger partial charge in [-0.3, -0.25) is 4.79 Å². The van der Waals surface area contributed by atoms with E-state index < -0.39 is 0 Å². The summed E-state index contributed by atoms with van der Waals surface area (Å²) >= 11 is 0. The topological polar surface area (TPSA) is 73.1 Å². The van der Waals surface area contributed by atoms with E-state index in [1.807, 2.05) is 24.3 Å². The Labute approximate surface area is 142 Å². The highest BCUT2D eigenvalue weighted by molar-refractivity contribution is 6.01. The zero-order valence-electron chi connectivity index (χ0n) is 13.4. The molecule has 0 atom stereocenters. The van der Waals surface area contributed by atoms with Crippen LogP contribution in [0.4, 0.5) is 0 Å². The molecule has 122 valence electrons. The predicted molar refractivity (Wildman–Crippen MR) is 94.1 cm³/mol. The lowest BCUT2D eigenvalue weighted by Crippen LogP contribution is -2.25. The standard InChI is InChI=1S/C20H20N2O2/c21-15-18(14-17-9-11-19(23)12-10-17)20(24)22-13-5-4-8-16-6-2-1-3-7-16/h1-3,6-7,9-12,14,23H,4-5,8,13H2,(H,22,24)/b18-14+. The van der Waals surface area contributed by atoms with Crippen molar-refractivity contribution in [2.75, 3.05) is 6.54 Å². The Morgan fingerprint density at radius 3 is 2.46 bits per heavy atom. The predicted octanol–water partition coefficient (Wildman–Crippen LogP) is 3.44. The Bertz CT molecular complexity index is 728. The van der Waals surface area contributed by atoms with Gasteiger partial charge in [0.1, 0.15) is 17.4 Å². The van der Waals surface area contributed by atoms with Crippen LogP contribution in [0.25, 0.3) is 6.08 Å². The van der Waals surface area contributed by atoms with Crippen molar-refractivity contribution >= 4 is 12.0 Å². The third kappa shape index (κ3) is 5.62. The van der Waals surface area contributed by atoms with Crippen molar-refractivity contribution in [2.24, 2.45) is 0 Å². The van der Waals surface area contributed by atoms with E-state index in [1.54, 1.807) is 12.1 Å². The maximum atomic E-state index is 12.0. The number of unbranched alkanes of at least 4 members (excludes halogenated alkanes) is 1. The molecule has 0 fully saturated rings. The summed E-state index contributed by atoms with van der Waals surface area (Å²) in [6.45, 7) is 0.542. The summed E-state index contributed by atoms with van der Waals surface area (Å²) in [4.78, 5) is 12.0.